The minimum absolute atomic E-state index is 0.00498. The largest absolute Gasteiger partial charge is 0.486 e. The zero-order chi connectivity index (χ0) is 26.8. The van der Waals surface area contributed by atoms with Crippen LogP contribution in [0.4, 0.5) is 29.3 Å². The van der Waals surface area contributed by atoms with Gasteiger partial charge in [-0.3, -0.25) is 19.5 Å². The standard InChI is InChI=1S/C22H20F3N5O6S/c23-22(24,25)14-2-1-3-17(6-14)37(34,35)30-12-16(8-20(31)26-9-13-10-27-28-11-13)36-19-5-4-15(7-18(19)30)29-21(32)33/h1-7,10-11,16,29H,8-9,12H2,(H,26,31)(H,27,28)(H,32,33). The van der Waals surface area contributed by atoms with Gasteiger partial charge in [0.25, 0.3) is 10.0 Å². The molecule has 0 radical (unpaired) electrons. The maximum atomic E-state index is 13.5. The molecule has 1 aliphatic rings. The number of hydrogen-bond donors (Lipinski definition) is 4. The molecule has 4 N–H and O–H groups in total. The highest BCUT2D eigenvalue weighted by molar-refractivity contribution is 7.92. The first-order valence-electron chi connectivity index (χ1n) is 10.7. The van der Waals surface area contributed by atoms with Crippen molar-refractivity contribution in [1.29, 1.82) is 0 Å². The third kappa shape index (κ3) is 5.94. The highest BCUT2D eigenvalue weighted by Crippen LogP contribution is 2.40. The molecule has 2 amide bonds. The van der Waals surface area contributed by atoms with Crippen LogP contribution >= 0.6 is 0 Å². The molecule has 1 aromatic heterocycles. The summed E-state index contributed by atoms with van der Waals surface area (Å²) in [6, 6.07) is 7.06. The second-order valence-corrected chi connectivity index (χ2v) is 9.86. The molecule has 1 aliphatic heterocycles. The van der Waals surface area contributed by atoms with Crippen LogP contribution in [0.1, 0.15) is 17.5 Å². The van der Waals surface area contributed by atoms with Gasteiger partial charge in [-0.1, -0.05) is 6.07 Å². The lowest BCUT2D eigenvalue weighted by Gasteiger charge is -2.35. The normalized spacial score (nSPS) is 15.4. The van der Waals surface area contributed by atoms with Gasteiger partial charge in [0.05, 0.1) is 35.3 Å². The molecule has 4 rings (SSSR count). The number of rotatable bonds is 7. The van der Waals surface area contributed by atoms with Crippen LogP contribution in [0.2, 0.25) is 0 Å². The molecule has 37 heavy (non-hydrogen) atoms. The number of halogens is 3. The Balaban J connectivity index is 1.66. The molecule has 11 nitrogen and oxygen atoms in total. The molecule has 196 valence electrons. The topological polar surface area (TPSA) is 154 Å². The third-order valence-corrected chi connectivity index (χ3v) is 7.12. The molecular weight excluding hydrogens is 519 g/mol. The number of aromatic nitrogens is 2. The maximum absolute atomic E-state index is 13.5. The van der Waals surface area contributed by atoms with Crippen molar-refractivity contribution in [2.75, 3.05) is 16.2 Å². The number of fused-ring (bicyclic) bond motifs is 1. The predicted molar refractivity (Wildman–Crippen MR) is 124 cm³/mol. The lowest BCUT2D eigenvalue weighted by Crippen LogP contribution is -2.45. The number of anilines is 2. The van der Waals surface area contributed by atoms with E-state index in [1.54, 1.807) is 6.20 Å². The SMILES string of the molecule is O=C(O)Nc1ccc2c(c1)N(S(=O)(=O)c1cccc(C(F)(F)F)c1)CC(CC(=O)NCc1cn[nH]c1)O2. The summed E-state index contributed by atoms with van der Waals surface area (Å²) in [7, 11) is -4.59. The number of hydrogen-bond acceptors (Lipinski definition) is 6. The van der Waals surface area contributed by atoms with Gasteiger partial charge in [-0.15, -0.1) is 0 Å². The number of nitrogens with one attached hydrogen (secondary N) is 3. The second kappa shape index (κ2) is 10.0. The summed E-state index contributed by atoms with van der Waals surface area (Å²) < 4.78 is 73.4. The predicted octanol–water partition coefficient (Wildman–Crippen LogP) is 3.18. The zero-order valence-electron chi connectivity index (χ0n) is 18.8. The first-order chi connectivity index (χ1) is 17.4. The summed E-state index contributed by atoms with van der Waals surface area (Å²) >= 11 is 0. The number of ether oxygens (including phenoxy) is 1. The Hall–Kier alpha value is -4.27. The molecule has 0 aliphatic carbocycles. The number of sulfonamides is 1. The number of carbonyl (C=O) groups is 2. The fourth-order valence-corrected chi connectivity index (χ4v) is 5.21. The Morgan fingerprint density at radius 3 is 2.68 bits per heavy atom. The van der Waals surface area contributed by atoms with E-state index in [2.05, 4.69) is 20.8 Å². The van der Waals surface area contributed by atoms with Crippen LogP contribution in [0.5, 0.6) is 5.75 Å². The minimum Gasteiger partial charge on any atom is -0.486 e. The average Bonchev–Trinajstić information content (AvgIpc) is 3.35. The van der Waals surface area contributed by atoms with Crippen molar-refractivity contribution in [2.45, 2.75) is 30.1 Å². The Morgan fingerprint density at radius 1 is 1.22 bits per heavy atom. The van der Waals surface area contributed by atoms with Gasteiger partial charge in [0.2, 0.25) is 5.91 Å². The molecule has 1 atom stereocenters. The summed E-state index contributed by atoms with van der Waals surface area (Å²) in [6.07, 6.45) is -4.34. The van der Waals surface area contributed by atoms with Crippen molar-refractivity contribution in [2.24, 2.45) is 0 Å². The van der Waals surface area contributed by atoms with Gasteiger partial charge in [0, 0.05) is 24.0 Å². The third-order valence-electron chi connectivity index (χ3n) is 5.35. The van der Waals surface area contributed by atoms with Crippen molar-refractivity contribution in [3.63, 3.8) is 0 Å². The number of benzene rings is 2. The Morgan fingerprint density at radius 2 is 2.00 bits per heavy atom. The van der Waals surface area contributed by atoms with Gasteiger partial charge < -0.3 is 15.2 Å². The van der Waals surface area contributed by atoms with E-state index >= 15 is 0 Å². The van der Waals surface area contributed by atoms with E-state index in [1.165, 1.54) is 24.4 Å². The highest BCUT2D eigenvalue weighted by Gasteiger charge is 2.37. The molecular formula is C22H20F3N5O6S. The lowest BCUT2D eigenvalue weighted by molar-refractivity contribution is -0.137. The highest BCUT2D eigenvalue weighted by atomic mass is 32.2. The Kier molecular flexibility index (Phi) is 6.98. The van der Waals surface area contributed by atoms with Crippen LogP contribution in [0.25, 0.3) is 0 Å². The summed E-state index contributed by atoms with van der Waals surface area (Å²) in [5, 5.41) is 20.1. The summed E-state index contributed by atoms with van der Waals surface area (Å²) in [6.45, 7) is -0.254. The zero-order valence-corrected chi connectivity index (χ0v) is 19.6. The average molecular weight is 539 g/mol. The van der Waals surface area contributed by atoms with E-state index in [4.69, 9.17) is 9.84 Å². The van der Waals surface area contributed by atoms with Gasteiger partial charge in [0.1, 0.15) is 11.9 Å². The number of H-pyrrole nitrogens is 1. The van der Waals surface area contributed by atoms with Gasteiger partial charge in [0.15, 0.2) is 0 Å². The molecule has 0 spiro atoms. The number of aromatic amines is 1. The smallest absolute Gasteiger partial charge is 0.416 e. The monoisotopic (exact) mass is 539 g/mol. The molecule has 0 bridgehead atoms. The summed E-state index contributed by atoms with van der Waals surface area (Å²) in [4.78, 5) is 22.9. The van der Waals surface area contributed by atoms with Crippen molar-refractivity contribution >= 4 is 33.4 Å². The molecule has 0 saturated heterocycles. The number of carboxylic acid groups (broad SMARTS) is 1. The first kappa shape index (κ1) is 25.8. The van der Waals surface area contributed by atoms with Crippen LogP contribution < -0.4 is 19.7 Å². The molecule has 0 saturated carbocycles. The van der Waals surface area contributed by atoms with Crippen molar-refractivity contribution in [3.05, 3.63) is 66.0 Å². The van der Waals surface area contributed by atoms with Crippen molar-refractivity contribution in [3.8, 4) is 5.75 Å². The Bertz CT molecular complexity index is 1410. The number of nitrogens with zero attached hydrogens (tertiary/aromatic N) is 2. The molecule has 0 fully saturated rings. The first-order valence-corrected chi connectivity index (χ1v) is 12.1. The van der Waals surface area contributed by atoms with Gasteiger partial charge in [-0.2, -0.15) is 18.3 Å². The molecule has 1 unspecified atom stereocenters. The fraction of sp³-hybridized carbons (Fsp3) is 0.227. The van der Waals surface area contributed by atoms with Crippen LogP contribution in [0.3, 0.4) is 0 Å². The molecule has 2 aromatic carbocycles. The maximum Gasteiger partial charge on any atom is 0.416 e. The van der Waals surface area contributed by atoms with E-state index in [1.807, 2.05) is 0 Å². The van der Waals surface area contributed by atoms with Crippen LogP contribution in [0, 0.1) is 0 Å². The molecule has 3 aromatic rings. The van der Waals surface area contributed by atoms with Crippen molar-refractivity contribution in [1.82, 2.24) is 15.5 Å². The van der Waals surface area contributed by atoms with Gasteiger partial charge >= 0.3 is 12.3 Å². The second-order valence-electron chi connectivity index (χ2n) is 8.00. The van der Waals surface area contributed by atoms with Crippen LogP contribution in [0.15, 0.2) is 59.8 Å². The van der Waals surface area contributed by atoms with E-state index in [0.29, 0.717) is 11.6 Å². The minimum atomic E-state index is -4.78. The van der Waals surface area contributed by atoms with Crippen molar-refractivity contribution < 1.29 is 41.0 Å². The molecule has 15 heteroatoms. The lowest BCUT2D eigenvalue weighted by atomic mass is 10.1. The van der Waals surface area contributed by atoms with E-state index in [9.17, 15) is 31.2 Å². The number of alkyl halides is 3. The number of amides is 2. The molecule has 2 heterocycles. The van der Waals surface area contributed by atoms with Crippen LogP contribution in [-0.2, 0) is 27.5 Å². The summed E-state index contributed by atoms with van der Waals surface area (Å²) in [5.41, 5.74) is -0.539. The fourth-order valence-electron chi connectivity index (χ4n) is 3.66. The summed E-state index contributed by atoms with van der Waals surface area (Å²) in [5.74, 6) is -0.458. The van der Waals surface area contributed by atoms with Crippen LogP contribution in [-0.4, -0.2) is 48.4 Å². The van der Waals surface area contributed by atoms with Gasteiger partial charge in [-0.25, -0.2) is 13.2 Å². The quantitative estimate of drug-likeness (QED) is 0.360. The van der Waals surface area contributed by atoms with Gasteiger partial charge in [-0.05, 0) is 36.4 Å². The number of carbonyl (C=O) groups excluding carboxylic acids is 1. The Labute approximate surface area is 208 Å². The van der Waals surface area contributed by atoms with E-state index < -0.39 is 51.3 Å². The van der Waals surface area contributed by atoms with E-state index in [0.717, 1.165) is 22.5 Å². The van der Waals surface area contributed by atoms with E-state index in [-0.39, 0.29) is 30.1 Å².